The number of nitrogens with two attached hydrogens (primary N) is 1. The smallest absolute Gasteiger partial charge is 0.0884 e. The largest absolute Gasteiger partial charge is 0.396 e. The lowest BCUT2D eigenvalue weighted by Crippen LogP contribution is -1.89. The standard InChI is InChI=1S/C7H11N3/c1-10-4-6(8)7(9-10)5-2-3-5/h4-5H,2-3,8H2,1H3. The third-order valence-electron chi connectivity index (χ3n) is 1.85. The lowest BCUT2D eigenvalue weighted by molar-refractivity contribution is 0.744. The van der Waals surface area contributed by atoms with Crippen LogP contribution in [-0.2, 0) is 7.05 Å². The van der Waals surface area contributed by atoms with Crippen LogP contribution in [0.5, 0.6) is 0 Å². The molecule has 1 saturated carbocycles. The van der Waals surface area contributed by atoms with Gasteiger partial charge in [0, 0.05) is 19.2 Å². The summed E-state index contributed by atoms with van der Waals surface area (Å²) in [4.78, 5) is 0. The molecule has 0 aromatic carbocycles. The first-order valence-electron chi connectivity index (χ1n) is 3.56. The molecule has 1 aliphatic carbocycles. The maximum atomic E-state index is 5.70. The predicted octanol–water partition coefficient (Wildman–Crippen LogP) is 0.880. The average molecular weight is 137 g/mol. The van der Waals surface area contributed by atoms with Crippen LogP contribution in [0.25, 0.3) is 0 Å². The average Bonchev–Trinajstić information content (AvgIpc) is 2.61. The van der Waals surface area contributed by atoms with Crippen LogP contribution in [0.3, 0.4) is 0 Å². The number of nitrogen functional groups attached to an aromatic ring is 1. The monoisotopic (exact) mass is 137 g/mol. The van der Waals surface area contributed by atoms with E-state index in [0.717, 1.165) is 11.4 Å². The molecule has 0 spiro atoms. The highest BCUT2D eigenvalue weighted by Gasteiger charge is 2.27. The SMILES string of the molecule is Cn1cc(N)c(C2CC2)n1. The van der Waals surface area contributed by atoms with Crippen molar-refractivity contribution in [1.29, 1.82) is 0 Å². The molecule has 0 radical (unpaired) electrons. The summed E-state index contributed by atoms with van der Waals surface area (Å²) in [6.07, 6.45) is 4.40. The van der Waals surface area contributed by atoms with E-state index in [2.05, 4.69) is 5.10 Å². The highest BCUT2D eigenvalue weighted by molar-refractivity contribution is 5.44. The van der Waals surface area contributed by atoms with Gasteiger partial charge in [-0.15, -0.1) is 0 Å². The van der Waals surface area contributed by atoms with Gasteiger partial charge in [-0.05, 0) is 12.8 Å². The Morgan fingerprint density at radius 1 is 1.70 bits per heavy atom. The third kappa shape index (κ3) is 0.781. The van der Waals surface area contributed by atoms with Crippen LogP contribution in [-0.4, -0.2) is 9.78 Å². The van der Waals surface area contributed by atoms with Gasteiger partial charge >= 0.3 is 0 Å². The van der Waals surface area contributed by atoms with Crippen LogP contribution >= 0.6 is 0 Å². The van der Waals surface area contributed by atoms with E-state index < -0.39 is 0 Å². The van der Waals surface area contributed by atoms with E-state index in [1.54, 1.807) is 4.68 Å². The second kappa shape index (κ2) is 1.75. The number of aromatic nitrogens is 2. The van der Waals surface area contributed by atoms with Gasteiger partial charge in [-0.2, -0.15) is 5.10 Å². The lowest BCUT2D eigenvalue weighted by Gasteiger charge is -1.89. The van der Waals surface area contributed by atoms with Gasteiger partial charge in [0.1, 0.15) is 0 Å². The Bertz CT molecular complexity index is 247. The summed E-state index contributed by atoms with van der Waals surface area (Å²) in [5.74, 6) is 0.668. The minimum absolute atomic E-state index is 0.668. The minimum atomic E-state index is 0.668. The van der Waals surface area contributed by atoms with Crippen molar-refractivity contribution in [3.8, 4) is 0 Å². The minimum Gasteiger partial charge on any atom is -0.396 e. The molecule has 54 valence electrons. The summed E-state index contributed by atoms with van der Waals surface area (Å²) in [6.45, 7) is 0. The van der Waals surface area contributed by atoms with E-state index in [1.165, 1.54) is 12.8 Å². The number of nitrogens with zero attached hydrogens (tertiary/aromatic N) is 2. The molecule has 0 unspecified atom stereocenters. The Labute approximate surface area is 59.8 Å². The fraction of sp³-hybridized carbons (Fsp3) is 0.571. The van der Waals surface area contributed by atoms with Crippen molar-refractivity contribution in [1.82, 2.24) is 9.78 Å². The second-order valence-corrected chi connectivity index (χ2v) is 2.92. The molecule has 1 aromatic rings. The molecule has 10 heavy (non-hydrogen) atoms. The first-order valence-corrected chi connectivity index (χ1v) is 3.56. The molecule has 0 bridgehead atoms. The van der Waals surface area contributed by atoms with E-state index >= 15 is 0 Å². The maximum Gasteiger partial charge on any atom is 0.0884 e. The Kier molecular flexibility index (Phi) is 1.01. The summed E-state index contributed by atoms with van der Waals surface area (Å²) >= 11 is 0. The van der Waals surface area contributed by atoms with E-state index in [4.69, 9.17) is 5.73 Å². The Hall–Kier alpha value is -0.990. The molecule has 0 amide bonds. The van der Waals surface area contributed by atoms with Crippen LogP contribution in [0.15, 0.2) is 6.20 Å². The summed E-state index contributed by atoms with van der Waals surface area (Å²) < 4.78 is 1.78. The summed E-state index contributed by atoms with van der Waals surface area (Å²) in [5.41, 5.74) is 7.65. The summed E-state index contributed by atoms with van der Waals surface area (Å²) in [6, 6.07) is 0. The fourth-order valence-electron chi connectivity index (χ4n) is 1.20. The highest BCUT2D eigenvalue weighted by atomic mass is 15.3. The third-order valence-corrected chi connectivity index (χ3v) is 1.85. The molecule has 1 aromatic heterocycles. The topological polar surface area (TPSA) is 43.8 Å². The molecule has 2 rings (SSSR count). The van der Waals surface area contributed by atoms with E-state index in [0.29, 0.717) is 5.92 Å². The predicted molar refractivity (Wildman–Crippen MR) is 39.6 cm³/mol. The van der Waals surface area contributed by atoms with Crippen LogP contribution in [0, 0.1) is 0 Å². The van der Waals surface area contributed by atoms with E-state index in [1.807, 2.05) is 13.2 Å². The van der Waals surface area contributed by atoms with Crippen LogP contribution in [0.2, 0.25) is 0 Å². The highest BCUT2D eigenvalue weighted by Crippen LogP contribution is 2.41. The molecule has 0 saturated heterocycles. The van der Waals surface area contributed by atoms with E-state index in [-0.39, 0.29) is 0 Å². The zero-order valence-electron chi connectivity index (χ0n) is 6.04. The molecular formula is C7H11N3. The van der Waals surface area contributed by atoms with Gasteiger partial charge in [0.15, 0.2) is 0 Å². The fourth-order valence-corrected chi connectivity index (χ4v) is 1.20. The zero-order chi connectivity index (χ0) is 7.14. The van der Waals surface area contributed by atoms with Crippen molar-refractivity contribution in [2.45, 2.75) is 18.8 Å². The number of hydrogen-bond donors (Lipinski definition) is 1. The van der Waals surface area contributed by atoms with Crippen molar-refractivity contribution in [2.24, 2.45) is 7.05 Å². The quantitative estimate of drug-likeness (QED) is 0.624. The van der Waals surface area contributed by atoms with Gasteiger partial charge in [0.2, 0.25) is 0 Å². The molecule has 3 nitrogen and oxygen atoms in total. The Balaban J connectivity index is 2.38. The molecule has 1 heterocycles. The molecule has 3 heteroatoms. The van der Waals surface area contributed by atoms with Crippen LogP contribution in [0.4, 0.5) is 5.69 Å². The lowest BCUT2D eigenvalue weighted by atomic mass is 10.3. The zero-order valence-corrected chi connectivity index (χ0v) is 6.04. The second-order valence-electron chi connectivity index (χ2n) is 2.92. The summed E-state index contributed by atoms with van der Waals surface area (Å²) in [5, 5.41) is 4.26. The van der Waals surface area contributed by atoms with Crippen molar-refractivity contribution in [3.63, 3.8) is 0 Å². The molecule has 1 fully saturated rings. The summed E-state index contributed by atoms with van der Waals surface area (Å²) in [7, 11) is 1.90. The number of anilines is 1. The number of hydrogen-bond acceptors (Lipinski definition) is 2. The Morgan fingerprint density at radius 3 is 2.80 bits per heavy atom. The van der Waals surface area contributed by atoms with Gasteiger partial charge in [0.05, 0.1) is 11.4 Å². The molecule has 0 aliphatic heterocycles. The molecule has 2 N–H and O–H groups in total. The van der Waals surface area contributed by atoms with Gasteiger partial charge in [-0.3, -0.25) is 4.68 Å². The van der Waals surface area contributed by atoms with Gasteiger partial charge < -0.3 is 5.73 Å². The van der Waals surface area contributed by atoms with Gasteiger partial charge in [-0.25, -0.2) is 0 Å². The van der Waals surface area contributed by atoms with Crippen molar-refractivity contribution in [3.05, 3.63) is 11.9 Å². The molecular weight excluding hydrogens is 126 g/mol. The number of rotatable bonds is 1. The van der Waals surface area contributed by atoms with Gasteiger partial charge in [-0.1, -0.05) is 0 Å². The van der Waals surface area contributed by atoms with Crippen molar-refractivity contribution < 1.29 is 0 Å². The van der Waals surface area contributed by atoms with Crippen LogP contribution in [0.1, 0.15) is 24.5 Å². The van der Waals surface area contributed by atoms with E-state index in [9.17, 15) is 0 Å². The number of aryl methyl sites for hydroxylation is 1. The normalized spacial score (nSPS) is 17.7. The van der Waals surface area contributed by atoms with Gasteiger partial charge in [0.25, 0.3) is 0 Å². The van der Waals surface area contributed by atoms with Crippen LogP contribution < -0.4 is 5.73 Å². The molecule has 1 aliphatic rings. The first kappa shape index (κ1) is 5.77. The Morgan fingerprint density at radius 2 is 2.40 bits per heavy atom. The van der Waals surface area contributed by atoms with Crippen molar-refractivity contribution >= 4 is 5.69 Å². The van der Waals surface area contributed by atoms with Crippen molar-refractivity contribution in [2.75, 3.05) is 5.73 Å². The molecule has 0 atom stereocenters. The first-order chi connectivity index (χ1) is 4.77. The maximum absolute atomic E-state index is 5.70.